The molecule has 0 aromatic carbocycles. The van der Waals surface area contributed by atoms with Crippen molar-refractivity contribution in [2.45, 2.75) is 65.3 Å². The van der Waals surface area contributed by atoms with E-state index in [1.165, 1.54) is 0 Å². The molecule has 4 heteroatoms. The molecular weight excluding hydrogens is 230 g/mol. The van der Waals surface area contributed by atoms with E-state index in [-0.39, 0.29) is 6.10 Å². The summed E-state index contributed by atoms with van der Waals surface area (Å²) >= 11 is 0. The first-order valence-corrected chi connectivity index (χ1v) is 6.99. The van der Waals surface area contributed by atoms with Crippen molar-refractivity contribution in [2.24, 2.45) is 5.92 Å². The molecule has 0 aliphatic heterocycles. The molecule has 0 spiro atoms. The van der Waals surface area contributed by atoms with Crippen LogP contribution in [0.4, 0.5) is 0 Å². The number of hydrogen-bond acceptors (Lipinski definition) is 4. The van der Waals surface area contributed by atoms with Crippen LogP contribution in [-0.4, -0.2) is 47.7 Å². The van der Waals surface area contributed by atoms with Gasteiger partial charge in [0.2, 0.25) is 0 Å². The summed E-state index contributed by atoms with van der Waals surface area (Å²) in [4.78, 5) is 0. The minimum absolute atomic E-state index is 0.179. The van der Waals surface area contributed by atoms with E-state index < -0.39 is 11.7 Å². The number of rotatable bonds is 10. The summed E-state index contributed by atoms with van der Waals surface area (Å²) in [5.74, 6) is 0.606. The van der Waals surface area contributed by atoms with Crippen LogP contribution in [0.5, 0.6) is 0 Å². The number of nitrogens with one attached hydrogen (secondary N) is 1. The second-order valence-electron chi connectivity index (χ2n) is 5.91. The van der Waals surface area contributed by atoms with E-state index in [4.69, 9.17) is 4.74 Å². The van der Waals surface area contributed by atoms with Gasteiger partial charge in [-0.3, -0.25) is 0 Å². The van der Waals surface area contributed by atoms with E-state index in [0.717, 1.165) is 6.42 Å². The lowest BCUT2D eigenvalue weighted by Crippen LogP contribution is -2.41. The van der Waals surface area contributed by atoms with Crippen molar-refractivity contribution in [1.29, 1.82) is 0 Å². The summed E-state index contributed by atoms with van der Waals surface area (Å²) in [7, 11) is 0. The molecule has 4 nitrogen and oxygen atoms in total. The van der Waals surface area contributed by atoms with Gasteiger partial charge < -0.3 is 20.3 Å². The molecule has 3 atom stereocenters. The van der Waals surface area contributed by atoms with Crippen molar-refractivity contribution in [2.75, 3.05) is 19.7 Å². The Morgan fingerprint density at radius 1 is 1.28 bits per heavy atom. The lowest BCUT2D eigenvalue weighted by atomic mass is 10.0. The molecule has 0 rings (SSSR count). The Bertz CT molecular complexity index is 207. The van der Waals surface area contributed by atoms with Gasteiger partial charge in [-0.25, -0.2) is 0 Å². The first kappa shape index (κ1) is 17.8. The number of ether oxygens (including phenoxy) is 1. The van der Waals surface area contributed by atoms with Crippen LogP contribution in [0.2, 0.25) is 0 Å². The largest absolute Gasteiger partial charge is 0.389 e. The molecule has 18 heavy (non-hydrogen) atoms. The van der Waals surface area contributed by atoms with Crippen molar-refractivity contribution in [3.8, 4) is 0 Å². The van der Waals surface area contributed by atoms with Gasteiger partial charge in [-0.1, -0.05) is 20.8 Å². The molecular formula is C14H31NO3. The summed E-state index contributed by atoms with van der Waals surface area (Å²) in [5, 5.41) is 22.6. The molecule has 0 heterocycles. The second-order valence-corrected chi connectivity index (χ2v) is 5.91. The minimum atomic E-state index is -0.703. The Labute approximate surface area is 112 Å². The monoisotopic (exact) mass is 261 g/mol. The highest BCUT2D eigenvalue weighted by Gasteiger charge is 2.17. The average Bonchev–Trinajstić information content (AvgIpc) is 2.25. The SMILES string of the molecule is CCC(C)(O)CNCC(O)COC(C)CC(C)C. The summed E-state index contributed by atoms with van der Waals surface area (Å²) < 4.78 is 5.57. The molecule has 0 aromatic rings. The van der Waals surface area contributed by atoms with Crippen LogP contribution in [-0.2, 0) is 4.74 Å². The third kappa shape index (κ3) is 9.83. The Hall–Kier alpha value is -0.160. The van der Waals surface area contributed by atoms with E-state index >= 15 is 0 Å². The third-order valence-electron chi connectivity index (χ3n) is 3.02. The molecule has 0 fully saturated rings. The third-order valence-corrected chi connectivity index (χ3v) is 3.02. The van der Waals surface area contributed by atoms with Crippen LogP contribution in [0.1, 0.15) is 47.5 Å². The smallest absolute Gasteiger partial charge is 0.0897 e. The van der Waals surface area contributed by atoms with Gasteiger partial charge in [0.25, 0.3) is 0 Å². The number of hydrogen-bond donors (Lipinski definition) is 3. The van der Waals surface area contributed by atoms with Crippen LogP contribution in [0.15, 0.2) is 0 Å². The van der Waals surface area contributed by atoms with Crippen LogP contribution in [0.25, 0.3) is 0 Å². The molecule has 3 unspecified atom stereocenters. The van der Waals surface area contributed by atoms with E-state index in [0.29, 0.717) is 32.0 Å². The van der Waals surface area contributed by atoms with Gasteiger partial charge in [0.15, 0.2) is 0 Å². The fraction of sp³-hybridized carbons (Fsp3) is 1.00. The highest BCUT2D eigenvalue weighted by molar-refractivity contribution is 4.74. The fourth-order valence-electron chi connectivity index (χ4n) is 1.70. The molecule has 0 aliphatic carbocycles. The average molecular weight is 261 g/mol. The van der Waals surface area contributed by atoms with E-state index in [1.807, 2.05) is 13.8 Å². The van der Waals surface area contributed by atoms with Crippen molar-refractivity contribution >= 4 is 0 Å². The normalized spacial score (nSPS) is 18.7. The second kappa shape index (κ2) is 8.86. The molecule has 0 radical (unpaired) electrons. The first-order valence-electron chi connectivity index (χ1n) is 6.99. The molecule has 0 aromatic heterocycles. The number of aliphatic hydroxyl groups is 2. The zero-order chi connectivity index (χ0) is 14.2. The van der Waals surface area contributed by atoms with E-state index in [2.05, 4.69) is 19.2 Å². The van der Waals surface area contributed by atoms with E-state index in [1.54, 1.807) is 6.92 Å². The standard InChI is InChI=1S/C14H31NO3/c1-6-14(5,17)10-15-8-13(16)9-18-12(4)7-11(2)3/h11-13,15-17H,6-10H2,1-5H3. The minimum Gasteiger partial charge on any atom is -0.389 e. The van der Waals surface area contributed by atoms with E-state index in [9.17, 15) is 10.2 Å². The van der Waals surface area contributed by atoms with Crippen molar-refractivity contribution in [1.82, 2.24) is 5.32 Å². The predicted molar refractivity (Wildman–Crippen MR) is 74.7 cm³/mol. The Morgan fingerprint density at radius 2 is 1.89 bits per heavy atom. The van der Waals surface area contributed by atoms with Gasteiger partial charge in [0.05, 0.1) is 24.4 Å². The molecule has 0 aliphatic rings. The Balaban J connectivity index is 3.63. The highest BCUT2D eigenvalue weighted by atomic mass is 16.5. The Kier molecular flexibility index (Phi) is 8.78. The van der Waals surface area contributed by atoms with Gasteiger partial charge in [-0.05, 0) is 32.6 Å². The van der Waals surface area contributed by atoms with Crippen LogP contribution in [0.3, 0.4) is 0 Å². The molecule has 0 bridgehead atoms. The van der Waals surface area contributed by atoms with Crippen LogP contribution < -0.4 is 5.32 Å². The van der Waals surface area contributed by atoms with Gasteiger partial charge in [-0.15, -0.1) is 0 Å². The van der Waals surface area contributed by atoms with Crippen molar-refractivity contribution in [3.63, 3.8) is 0 Å². The zero-order valence-electron chi connectivity index (χ0n) is 12.6. The predicted octanol–water partition coefficient (Wildman–Crippen LogP) is 1.55. The topological polar surface area (TPSA) is 61.7 Å². The highest BCUT2D eigenvalue weighted by Crippen LogP contribution is 2.08. The van der Waals surface area contributed by atoms with Crippen molar-refractivity contribution in [3.05, 3.63) is 0 Å². The lowest BCUT2D eigenvalue weighted by Gasteiger charge is -2.23. The lowest BCUT2D eigenvalue weighted by molar-refractivity contribution is -0.0116. The van der Waals surface area contributed by atoms with Crippen LogP contribution >= 0.6 is 0 Å². The maximum absolute atomic E-state index is 9.78. The number of aliphatic hydroxyl groups excluding tert-OH is 1. The summed E-state index contributed by atoms with van der Waals surface area (Å²) in [6, 6.07) is 0. The summed E-state index contributed by atoms with van der Waals surface area (Å²) in [5.41, 5.74) is -0.703. The van der Waals surface area contributed by atoms with Gasteiger partial charge in [0, 0.05) is 13.1 Å². The summed E-state index contributed by atoms with van der Waals surface area (Å²) in [6.07, 6.45) is 1.36. The maximum Gasteiger partial charge on any atom is 0.0897 e. The molecule has 3 N–H and O–H groups in total. The summed E-state index contributed by atoms with van der Waals surface area (Å²) in [6.45, 7) is 11.3. The fourth-order valence-corrected chi connectivity index (χ4v) is 1.70. The van der Waals surface area contributed by atoms with Gasteiger partial charge >= 0.3 is 0 Å². The molecule has 0 amide bonds. The maximum atomic E-state index is 9.78. The van der Waals surface area contributed by atoms with Gasteiger partial charge in [-0.2, -0.15) is 0 Å². The molecule has 110 valence electrons. The van der Waals surface area contributed by atoms with Crippen molar-refractivity contribution < 1.29 is 14.9 Å². The van der Waals surface area contributed by atoms with Gasteiger partial charge in [0.1, 0.15) is 0 Å². The van der Waals surface area contributed by atoms with Crippen LogP contribution in [0, 0.1) is 5.92 Å². The zero-order valence-corrected chi connectivity index (χ0v) is 12.6. The Morgan fingerprint density at radius 3 is 2.39 bits per heavy atom. The quantitative estimate of drug-likeness (QED) is 0.558. The molecule has 0 saturated carbocycles. The first-order chi connectivity index (χ1) is 8.26. The molecule has 0 saturated heterocycles.